The quantitative estimate of drug-likeness (QED) is 0.764. The van der Waals surface area contributed by atoms with E-state index < -0.39 is 9.84 Å². The summed E-state index contributed by atoms with van der Waals surface area (Å²) < 4.78 is 27.0. The summed E-state index contributed by atoms with van der Waals surface area (Å²) in [5.74, 6) is 0.509. The Bertz CT molecular complexity index is 923. The van der Waals surface area contributed by atoms with Crippen molar-refractivity contribution in [2.75, 3.05) is 12.4 Å². The van der Waals surface area contributed by atoms with Gasteiger partial charge in [-0.1, -0.05) is 30.3 Å². The Morgan fingerprint density at radius 1 is 1.04 bits per heavy atom. The molecular formula is C15H17Cl2N3O2S. The molecule has 0 saturated heterocycles. The van der Waals surface area contributed by atoms with Crippen molar-refractivity contribution in [1.29, 1.82) is 0 Å². The molecule has 0 aliphatic carbocycles. The van der Waals surface area contributed by atoms with Gasteiger partial charge in [0.05, 0.1) is 11.1 Å². The Balaban J connectivity index is 0.00000132. The Morgan fingerprint density at radius 2 is 1.70 bits per heavy atom. The van der Waals surface area contributed by atoms with Gasteiger partial charge < -0.3 is 9.88 Å². The van der Waals surface area contributed by atoms with Gasteiger partial charge in [-0.3, -0.25) is 0 Å². The third kappa shape index (κ3) is 3.29. The fourth-order valence-electron chi connectivity index (χ4n) is 2.33. The number of sulfone groups is 1. The summed E-state index contributed by atoms with van der Waals surface area (Å²) in [6.45, 7) is 0. The van der Waals surface area contributed by atoms with E-state index in [9.17, 15) is 8.42 Å². The molecule has 0 bridgehead atoms. The van der Waals surface area contributed by atoms with Gasteiger partial charge in [-0.15, -0.1) is 24.8 Å². The van der Waals surface area contributed by atoms with Crippen LogP contribution in [0.3, 0.4) is 0 Å². The number of nitrogens with one attached hydrogen (secondary N) is 1. The minimum Gasteiger partial charge on any atom is -0.359 e. The Hall–Kier alpha value is -1.76. The number of benzene rings is 2. The number of imidazole rings is 1. The lowest BCUT2D eigenvalue weighted by Crippen LogP contribution is -2.09. The molecule has 0 radical (unpaired) electrons. The first-order valence-electron chi connectivity index (χ1n) is 6.47. The summed E-state index contributed by atoms with van der Waals surface area (Å²) >= 11 is 0. The van der Waals surface area contributed by atoms with E-state index in [1.807, 2.05) is 30.3 Å². The van der Waals surface area contributed by atoms with Gasteiger partial charge in [0.15, 0.2) is 5.03 Å². The predicted octanol–water partition coefficient (Wildman–Crippen LogP) is 3.29. The van der Waals surface area contributed by atoms with Crippen LogP contribution in [0.15, 0.2) is 58.6 Å². The lowest BCUT2D eigenvalue weighted by atomic mass is 10.1. The highest BCUT2D eigenvalue weighted by Gasteiger charge is 2.23. The highest BCUT2D eigenvalue weighted by atomic mass is 35.5. The van der Waals surface area contributed by atoms with E-state index in [2.05, 4.69) is 10.3 Å². The van der Waals surface area contributed by atoms with E-state index in [0.29, 0.717) is 5.95 Å². The maximum Gasteiger partial charge on any atom is 0.223 e. The third-order valence-corrected chi connectivity index (χ3v) is 5.28. The molecule has 0 aliphatic rings. The smallest absolute Gasteiger partial charge is 0.223 e. The van der Waals surface area contributed by atoms with Gasteiger partial charge in [0.2, 0.25) is 15.8 Å². The summed E-state index contributed by atoms with van der Waals surface area (Å²) in [4.78, 5) is 4.33. The van der Waals surface area contributed by atoms with E-state index in [-0.39, 0.29) is 34.7 Å². The van der Waals surface area contributed by atoms with E-state index in [1.165, 1.54) is 10.8 Å². The Kier molecular flexibility index (Phi) is 6.04. The molecule has 0 unspecified atom stereocenters. The molecule has 1 N–H and O–H groups in total. The van der Waals surface area contributed by atoms with Crippen LogP contribution in [0.1, 0.15) is 0 Å². The topological polar surface area (TPSA) is 64.0 Å². The zero-order valence-electron chi connectivity index (χ0n) is 12.6. The van der Waals surface area contributed by atoms with Crippen LogP contribution < -0.4 is 5.32 Å². The van der Waals surface area contributed by atoms with Crippen molar-refractivity contribution in [3.8, 4) is 0 Å². The molecule has 0 amide bonds. The Labute approximate surface area is 147 Å². The largest absolute Gasteiger partial charge is 0.359 e. The number of halogens is 2. The standard InChI is InChI=1S/C15H15N3O2S.2ClH/c1-16-15-17-10-14(18(15)2)21(19,20)13-8-7-11-5-3-4-6-12(11)9-13;;/h3-10H,1-2H3,(H,16,17);2*1H. The van der Waals surface area contributed by atoms with Crippen LogP contribution in [0, 0.1) is 0 Å². The number of hydrogen-bond acceptors (Lipinski definition) is 4. The van der Waals surface area contributed by atoms with Crippen LogP contribution >= 0.6 is 24.8 Å². The summed E-state index contributed by atoms with van der Waals surface area (Å²) in [6, 6.07) is 12.8. The van der Waals surface area contributed by atoms with Crippen molar-refractivity contribution in [1.82, 2.24) is 9.55 Å². The Morgan fingerprint density at radius 3 is 2.30 bits per heavy atom. The van der Waals surface area contributed by atoms with Gasteiger partial charge in [0.25, 0.3) is 0 Å². The van der Waals surface area contributed by atoms with E-state index in [0.717, 1.165) is 10.8 Å². The molecule has 3 aromatic rings. The summed E-state index contributed by atoms with van der Waals surface area (Å²) in [7, 11) is -0.213. The van der Waals surface area contributed by atoms with Gasteiger partial charge in [0, 0.05) is 14.1 Å². The third-order valence-electron chi connectivity index (χ3n) is 3.48. The molecule has 8 heteroatoms. The summed E-state index contributed by atoms with van der Waals surface area (Å²) in [5, 5.41) is 4.93. The number of hydrogen-bond donors (Lipinski definition) is 1. The summed E-state index contributed by atoms with van der Waals surface area (Å²) in [6.07, 6.45) is 1.37. The van der Waals surface area contributed by atoms with Gasteiger partial charge in [0.1, 0.15) is 0 Å². The molecule has 2 aromatic carbocycles. The first-order valence-corrected chi connectivity index (χ1v) is 7.96. The van der Waals surface area contributed by atoms with Crippen molar-refractivity contribution in [3.63, 3.8) is 0 Å². The van der Waals surface area contributed by atoms with Gasteiger partial charge in [-0.25, -0.2) is 13.4 Å². The molecule has 0 saturated carbocycles. The molecule has 1 heterocycles. The number of rotatable bonds is 3. The first-order chi connectivity index (χ1) is 10.0. The molecule has 0 atom stereocenters. The predicted molar refractivity (Wildman–Crippen MR) is 96.7 cm³/mol. The fourth-order valence-corrected chi connectivity index (χ4v) is 3.74. The van der Waals surface area contributed by atoms with Crippen molar-refractivity contribution < 1.29 is 8.42 Å². The molecule has 0 aliphatic heterocycles. The molecular weight excluding hydrogens is 357 g/mol. The number of aromatic nitrogens is 2. The van der Waals surface area contributed by atoms with Crippen LogP contribution in [-0.4, -0.2) is 25.0 Å². The lowest BCUT2D eigenvalue weighted by molar-refractivity contribution is 0.586. The van der Waals surface area contributed by atoms with E-state index in [4.69, 9.17) is 0 Å². The second kappa shape index (κ2) is 7.21. The zero-order valence-corrected chi connectivity index (χ0v) is 15.0. The summed E-state index contributed by atoms with van der Waals surface area (Å²) in [5.41, 5.74) is 0. The average molecular weight is 374 g/mol. The zero-order chi connectivity index (χ0) is 15.0. The molecule has 124 valence electrons. The van der Waals surface area contributed by atoms with Crippen LogP contribution in [0.2, 0.25) is 0 Å². The van der Waals surface area contributed by atoms with Crippen molar-refractivity contribution in [2.45, 2.75) is 9.92 Å². The molecule has 0 spiro atoms. The van der Waals surface area contributed by atoms with E-state index >= 15 is 0 Å². The van der Waals surface area contributed by atoms with Crippen LogP contribution in [0.25, 0.3) is 10.8 Å². The second-order valence-corrected chi connectivity index (χ2v) is 6.64. The molecule has 1 aromatic heterocycles. The molecule has 5 nitrogen and oxygen atoms in total. The van der Waals surface area contributed by atoms with Gasteiger partial charge >= 0.3 is 0 Å². The molecule has 3 rings (SSSR count). The maximum absolute atomic E-state index is 12.7. The number of fused-ring (bicyclic) bond motifs is 1. The average Bonchev–Trinajstić information content (AvgIpc) is 2.88. The van der Waals surface area contributed by atoms with Crippen LogP contribution in [-0.2, 0) is 16.9 Å². The SMILES string of the molecule is CNc1ncc(S(=O)(=O)c2ccc3ccccc3c2)n1C.Cl.Cl. The van der Waals surface area contributed by atoms with E-state index in [1.54, 1.807) is 26.2 Å². The van der Waals surface area contributed by atoms with Gasteiger partial charge in [-0.05, 0) is 22.9 Å². The highest BCUT2D eigenvalue weighted by Crippen LogP contribution is 2.25. The minimum absolute atomic E-state index is 0. The fraction of sp³-hybridized carbons (Fsp3) is 0.133. The second-order valence-electron chi connectivity index (χ2n) is 4.74. The maximum atomic E-state index is 12.7. The normalized spacial score (nSPS) is 10.7. The van der Waals surface area contributed by atoms with Crippen molar-refractivity contribution in [3.05, 3.63) is 48.7 Å². The lowest BCUT2D eigenvalue weighted by Gasteiger charge is -2.08. The number of nitrogens with zero attached hydrogens (tertiary/aromatic N) is 2. The molecule has 23 heavy (non-hydrogen) atoms. The number of anilines is 1. The first kappa shape index (κ1) is 19.3. The monoisotopic (exact) mass is 373 g/mol. The minimum atomic E-state index is -3.59. The highest BCUT2D eigenvalue weighted by molar-refractivity contribution is 7.91. The van der Waals surface area contributed by atoms with Crippen LogP contribution in [0.5, 0.6) is 0 Å². The van der Waals surface area contributed by atoms with Crippen molar-refractivity contribution in [2.24, 2.45) is 7.05 Å². The van der Waals surface area contributed by atoms with Crippen molar-refractivity contribution >= 4 is 51.4 Å². The van der Waals surface area contributed by atoms with Crippen LogP contribution in [0.4, 0.5) is 5.95 Å². The molecule has 0 fully saturated rings. The van der Waals surface area contributed by atoms with Gasteiger partial charge in [-0.2, -0.15) is 0 Å².